The highest BCUT2D eigenvalue weighted by molar-refractivity contribution is 5.96. The van der Waals surface area contributed by atoms with Crippen LogP contribution in [0.5, 0.6) is 5.75 Å². The van der Waals surface area contributed by atoms with Crippen molar-refractivity contribution in [3.8, 4) is 5.75 Å². The maximum absolute atomic E-state index is 13.5. The summed E-state index contributed by atoms with van der Waals surface area (Å²) in [6.07, 6.45) is 11.5. The van der Waals surface area contributed by atoms with Crippen molar-refractivity contribution in [3.05, 3.63) is 29.6 Å². The Morgan fingerprint density at radius 1 is 1.00 bits per heavy atom. The number of rotatable bonds is 12. The van der Waals surface area contributed by atoms with Gasteiger partial charge in [0.25, 0.3) is 0 Å². The first-order valence-electron chi connectivity index (χ1n) is 8.55. The predicted molar refractivity (Wildman–Crippen MR) is 89.1 cm³/mol. The van der Waals surface area contributed by atoms with Gasteiger partial charge in [-0.05, 0) is 24.6 Å². The molecule has 1 rings (SSSR count). The van der Waals surface area contributed by atoms with Gasteiger partial charge in [-0.1, -0.05) is 58.3 Å². The number of benzene rings is 1. The molecule has 0 saturated heterocycles. The van der Waals surface area contributed by atoms with Crippen molar-refractivity contribution in [1.82, 2.24) is 0 Å². The monoisotopic (exact) mass is 308 g/mol. The SMILES string of the molecule is CCCCCCCCCCCC(=O)c1ccc(OC)c(F)c1. The number of ether oxygens (including phenoxy) is 1. The predicted octanol–water partition coefficient (Wildman–Crippen LogP) is 5.94. The van der Waals surface area contributed by atoms with E-state index in [9.17, 15) is 9.18 Å². The van der Waals surface area contributed by atoms with Crippen LogP contribution < -0.4 is 4.74 Å². The zero-order chi connectivity index (χ0) is 16.2. The van der Waals surface area contributed by atoms with Gasteiger partial charge in [0.2, 0.25) is 0 Å². The first-order chi connectivity index (χ1) is 10.7. The van der Waals surface area contributed by atoms with Gasteiger partial charge >= 0.3 is 0 Å². The molecule has 0 heterocycles. The molecule has 1 aromatic rings. The molecule has 0 radical (unpaired) electrons. The molecule has 124 valence electrons. The highest BCUT2D eigenvalue weighted by Gasteiger charge is 2.09. The minimum absolute atomic E-state index is 0.0181. The average Bonchev–Trinajstić information content (AvgIpc) is 2.53. The van der Waals surface area contributed by atoms with E-state index in [4.69, 9.17) is 4.74 Å². The van der Waals surface area contributed by atoms with Gasteiger partial charge in [0, 0.05) is 12.0 Å². The van der Waals surface area contributed by atoms with Gasteiger partial charge < -0.3 is 4.74 Å². The highest BCUT2D eigenvalue weighted by atomic mass is 19.1. The molecule has 0 amide bonds. The van der Waals surface area contributed by atoms with Crippen molar-refractivity contribution in [2.24, 2.45) is 0 Å². The molecule has 0 N–H and O–H groups in total. The summed E-state index contributed by atoms with van der Waals surface area (Å²) in [7, 11) is 1.42. The van der Waals surface area contributed by atoms with E-state index < -0.39 is 5.82 Å². The van der Waals surface area contributed by atoms with Crippen LogP contribution in [0.3, 0.4) is 0 Å². The fourth-order valence-electron chi connectivity index (χ4n) is 2.58. The summed E-state index contributed by atoms with van der Waals surface area (Å²) in [6, 6.07) is 4.42. The molecule has 0 saturated carbocycles. The Morgan fingerprint density at radius 2 is 1.59 bits per heavy atom. The number of methoxy groups -OCH3 is 1. The number of carbonyl (C=O) groups excluding carboxylic acids is 1. The van der Waals surface area contributed by atoms with Gasteiger partial charge in [-0.15, -0.1) is 0 Å². The topological polar surface area (TPSA) is 26.3 Å². The van der Waals surface area contributed by atoms with Crippen molar-refractivity contribution in [2.75, 3.05) is 7.11 Å². The molecule has 0 unspecified atom stereocenters. The van der Waals surface area contributed by atoms with Crippen LogP contribution in [-0.4, -0.2) is 12.9 Å². The molecule has 1 aromatic carbocycles. The van der Waals surface area contributed by atoms with Crippen molar-refractivity contribution < 1.29 is 13.9 Å². The molecule has 22 heavy (non-hydrogen) atoms. The molecule has 3 heteroatoms. The maximum Gasteiger partial charge on any atom is 0.165 e. The van der Waals surface area contributed by atoms with Crippen LogP contribution in [0.15, 0.2) is 18.2 Å². The Bertz CT molecular complexity index is 443. The standard InChI is InChI=1S/C19H29FO2/c1-3-4-5-6-7-8-9-10-11-12-18(21)16-13-14-19(22-2)17(20)15-16/h13-15H,3-12H2,1-2H3. The Kier molecular flexibility index (Phi) is 9.52. The summed E-state index contributed by atoms with van der Waals surface area (Å²) in [5.74, 6) is -0.274. The molecule has 0 bridgehead atoms. The lowest BCUT2D eigenvalue weighted by Gasteiger charge is -2.05. The van der Waals surface area contributed by atoms with Gasteiger partial charge in [0.15, 0.2) is 17.3 Å². The normalized spacial score (nSPS) is 10.7. The van der Waals surface area contributed by atoms with Crippen molar-refractivity contribution >= 4 is 5.78 Å². The van der Waals surface area contributed by atoms with Gasteiger partial charge in [-0.25, -0.2) is 4.39 Å². The van der Waals surface area contributed by atoms with Gasteiger partial charge in [0.1, 0.15) is 0 Å². The fraction of sp³-hybridized carbons (Fsp3) is 0.632. The number of ketones is 1. The van der Waals surface area contributed by atoms with Crippen molar-refractivity contribution in [1.29, 1.82) is 0 Å². The van der Waals surface area contributed by atoms with E-state index in [2.05, 4.69) is 6.92 Å². The quantitative estimate of drug-likeness (QED) is 0.353. The van der Waals surface area contributed by atoms with Crippen LogP contribution >= 0.6 is 0 Å². The van der Waals surface area contributed by atoms with E-state index in [1.54, 1.807) is 6.07 Å². The summed E-state index contributed by atoms with van der Waals surface area (Å²) in [5.41, 5.74) is 0.442. The Hall–Kier alpha value is -1.38. The summed E-state index contributed by atoms with van der Waals surface area (Å²) < 4.78 is 18.4. The molecule has 2 nitrogen and oxygen atoms in total. The van der Waals surface area contributed by atoms with Crippen LogP contribution in [0.25, 0.3) is 0 Å². The Labute approximate surface area is 134 Å². The molecular formula is C19H29FO2. The number of unbranched alkanes of at least 4 members (excludes halogenated alkanes) is 8. The second-order valence-electron chi connectivity index (χ2n) is 5.85. The lowest BCUT2D eigenvalue weighted by molar-refractivity contribution is 0.0978. The first-order valence-corrected chi connectivity index (χ1v) is 8.55. The second-order valence-corrected chi connectivity index (χ2v) is 5.85. The molecule has 0 aromatic heterocycles. The maximum atomic E-state index is 13.5. The van der Waals surface area contributed by atoms with Crippen LogP contribution in [0.2, 0.25) is 0 Å². The average molecular weight is 308 g/mol. The molecule has 0 aliphatic carbocycles. The van der Waals surface area contributed by atoms with E-state index >= 15 is 0 Å². The molecule has 0 aliphatic rings. The fourth-order valence-corrected chi connectivity index (χ4v) is 2.58. The number of carbonyl (C=O) groups is 1. The second kappa shape index (κ2) is 11.2. The van der Waals surface area contributed by atoms with Crippen molar-refractivity contribution in [2.45, 2.75) is 71.1 Å². The van der Waals surface area contributed by atoms with Gasteiger partial charge in [-0.2, -0.15) is 0 Å². The molecule has 0 spiro atoms. The third-order valence-corrected chi connectivity index (χ3v) is 3.98. The number of hydrogen-bond acceptors (Lipinski definition) is 2. The Balaban J connectivity index is 2.14. The lowest BCUT2D eigenvalue weighted by atomic mass is 10.0. The highest BCUT2D eigenvalue weighted by Crippen LogP contribution is 2.19. The van der Waals surface area contributed by atoms with Crippen LogP contribution in [0.1, 0.15) is 81.5 Å². The third kappa shape index (κ3) is 7.06. The van der Waals surface area contributed by atoms with E-state index in [0.717, 1.165) is 12.8 Å². The van der Waals surface area contributed by atoms with E-state index in [-0.39, 0.29) is 11.5 Å². The van der Waals surface area contributed by atoms with E-state index in [1.807, 2.05) is 0 Å². The zero-order valence-corrected chi connectivity index (χ0v) is 14.0. The van der Waals surface area contributed by atoms with Gasteiger partial charge in [0.05, 0.1) is 7.11 Å². The summed E-state index contributed by atoms with van der Waals surface area (Å²) in [6.45, 7) is 2.23. The lowest BCUT2D eigenvalue weighted by Crippen LogP contribution is -2.00. The summed E-state index contributed by atoms with van der Waals surface area (Å²) >= 11 is 0. The molecular weight excluding hydrogens is 279 g/mol. The van der Waals surface area contributed by atoms with Crippen molar-refractivity contribution in [3.63, 3.8) is 0 Å². The van der Waals surface area contributed by atoms with Crippen LogP contribution in [0.4, 0.5) is 4.39 Å². The molecule has 0 aliphatic heterocycles. The minimum atomic E-state index is -0.472. The number of hydrogen-bond donors (Lipinski definition) is 0. The Morgan fingerprint density at radius 3 is 2.14 bits per heavy atom. The zero-order valence-electron chi connectivity index (χ0n) is 14.0. The summed E-state index contributed by atoms with van der Waals surface area (Å²) in [4.78, 5) is 12.0. The number of Topliss-reactive ketones (excluding diaryl/α,β-unsaturated/α-hetero) is 1. The third-order valence-electron chi connectivity index (χ3n) is 3.98. The largest absolute Gasteiger partial charge is 0.494 e. The van der Waals surface area contributed by atoms with E-state index in [1.165, 1.54) is 64.2 Å². The van der Waals surface area contributed by atoms with Crippen LogP contribution in [0, 0.1) is 5.82 Å². The van der Waals surface area contributed by atoms with E-state index in [0.29, 0.717) is 12.0 Å². The van der Waals surface area contributed by atoms with Gasteiger partial charge in [-0.3, -0.25) is 4.79 Å². The van der Waals surface area contributed by atoms with Crippen LogP contribution in [-0.2, 0) is 0 Å². The molecule has 0 fully saturated rings. The molecule has 0 atom stereocenters. The number of halogens is 1. The minimum Gasteiger partial charge on any atom is -0.494 e. The first kappa shape index (κ1) is 18.7. The summed E-state index contributed by atoms with van der Waals surface area (Å²) in [5, 5.41) is 0. The smallest absolute Gasteiger partial charge is 0.165 e.